The molecule has 3 N–H and O–H groups in total. The first-order valence-electron chi connectivity index (χ1n) is 5.51. The maximum Gasteiger partial charge on any atom is 0.272 e. The molecule has 2 atom stereocenters. The summed E-state index contributed by atoms with van der Waals surface area (Å²) in [4.78, 5) is 10.5. The number of hydrogen-bond acceptors (Lipinski definition) is 4. The van der Waals surface area contributed by atoms with Crippen molar-refractivity contribution in [3.05, 3.63) is 39.9 Å². The Morgan fingerprint density at radius 2 is 2.12 bits per heavy atom. The Balaban J connectivity index is 3.06. The number of hydrogen-bond donors (Lipinski definition) is 2. The third kappa shape index (κ3) is 3.01. The fraction of sp³-hybridized carbons (Fsp3) is 0.500. The van der Waals surface area contributed by atoms with Crippen LogP contribution in [0.25, 0.3) is 0 Å². The van der Waals surface area contributed by atoms with Crippen molar-refractivity contribution in [2.45, 2.75) is 26.4 Å². The van der Waals surface area contributed by atoms with Gasteiger partial charge in [-0.1, -0.05) is 25.1 Å². The number of nitrogens with two attached hydrogens (primary N) is 1. The molecule has 0 heterocycles. The highest BCUT2D eigenvalue weighted by Crippen LogP contribution is 2.29. The van der Waals surface area contributed by atoms with Crippen LogP contribution in [0.5, 0.6) is 0 Å². The van der Waals surface area contributed by atoms with Crippen molar-refractivity contribution in [2.24, 2.45) is 11.1 Å². The van der Waals surface area contributed by atoms with Crippen LogP contribution in [0.15, 0.2) is 24.3 Å². The molecule has 1 rings (SSSR count). The topological polar surface area (TPSA) is 89.4 Å². The molecule has 94 valence electrons. The Morgan fingerprint density at radius 3 is 2.59 bits per heavy atom. The Bertz CT molecular complexity index is 406. The summed E-state index contributed by atoms with van der Waals surface area (Å²) in [5, 5.41) is 20.6. The molecule has 0 aliphatic carbocycles. The van der Waals surface area contributed by atoms with E-state index in [-0.39, 0.29) is 12.2 Å². The molecule has 0 aliphatic heterocycles. The van der Waals surface area contributed by atoms with Crippen molar-refractivity contribution in [3.63, 3.8) is 0 Å². The zero-order chi connectivity index (χ0) is 13.1. The summed E-state index contributed by atoms with van der Waals surface area (Å²) in [6.45, 7) is 3.76. The lowest BCUT2D eigenvalue weighted by Crippen LogP contribution is -2.39. The number of aliphatic hydroxyl groups excluding tert-OH is 1. The first kappa shape index (κ1) is 13.6. The van der Waals surface area contributed by atoms with Gasteiger partial charge in [0.25, 0.3) is 5.69 Å². The van der Waals surface area contributed by atoms with E-state index in [2.05, 4.69) is 0 Å². The summed E-state index contributed by atoms with van der Waals surface area (Å²) in [6, 6.07) is 6.55. The van der Waals surface area contributed by atoms with Crippen molar-refractivity contribution >= 4 is 5.69 Å². The number of nitro groups is 1. The molecule has 0 aromatic heterocycles. The lowest BCUT2D eigenvalue weighted by Gasteiger charge is -2.31. The SMILES string of the molecule is CC(O)C(C)(CN)Cc1ccccc1[N+](=O)[O-]. The van der Waals surface area contributed by atoms with Crippen LogP contribution in [0.2, 0.25) is 0 Å². The van der Waals surface area contributed by atoms with Gasteiger partial charge in [-0.2, -0.15) is 0 Å². The van der Waals surface area contributed by atoms with Crippen molar-refractivity contribution in [1.82, 2.24) is 0 Å². The first-order valence-corrected chi connectivity index (χ1v) is 5.51. The fourth-order valence-corrected chi connectivity index (χ4v) is 1.66. The maximum absolute atomic E-state index is 10.9. The van der Waals surface area contributed by atoms with Crippen LogP contribution < -0.4 is 5.73 Å². The molecule has 5 heteroatoms. The monoisotopic (exact) mass is 238 g/mol. The van der Waals surface area contributed by atoms with E-state index in [1.165, 1.54) is 6.07 Å². The molecule has 0 radical (unpaired) electrons. The predicted molar refractivity (Wildman–Crippen MR) is 65.6 cm³/mol. The van der Waals surface area contributed by atoms with Gasteiger partial charge in [0.05, 0.1) is 11.0 Å². The molecule has 0 amide bonds. The van der Waals surface area contributed by atoms with E-state index < -0.39 is 16.4 Å². The minimum Gasteiger partial charge on any atom is -0.393 e. The van der Waals surface area contributed by atoms with Crippen LogP contribution in [0.3, 0.4) is 0 Å². The van der Waals surface area contributed by atoms with Crippen molar-refractivity contribution < 1.29 is 10.0 Å². The second kappa shape index (κ2) is 5.25. The standard InChI is InChI=1S/C12H18N2O3/c1-9(15)12(2,8-13)7-10-5-3-4-6-11(10)14(16)17/h3-6,9,15H,7-8,13H2,1-2H3. The van der Waals surface area contributed by atoms with E-state index in [9.17, 15) is 15.2 Å². The molecule has 0 aliphatic rings. The van der Waals surface area contributed by atoms with Crippen LogP contribution in [0.1, 0.15) is 19.4 Å². The minimum atomic E-state index is -0.618. The number of para-hydroxylation sites is 1. The van der Waals surface area contributed by atoms with E-state index in [1.807, 2.05) is 6.92 Å². The molecule has 0 fully saturated rings. The molecule has 1 aromatic carbocycles. The smallest absolute Gasteiger partial charge is 0.272 e. The van der Waals surface area contributed by atoms with Gasteiger partial charge in [-0.25, -0.2) is 0 Å². The summed E-state index contributed by atoms with van der Waals surface area (Å²) in [7, 11) is 0. The predicted octanol–water partition coefficient (Wildman–Crippen LogP) is 1.48. The van der Waals surface area contributed by atoms with Crippen LogP contribution in [-0.2, 0) is 6.42 Å². The third-order valence-corrected chi connectivity index (χ3v) is 3.26. The van der Waals surface area contributed by atoms with Gasteiger partial charge in [-0.3, -0.25) is 10.1 Å². The number of nitrogens with zero attached hydrogens (tertiary/aromatic N) is 1. The number of benzene rings is 1. The molecule has 0 bridgehead atoms. The molecule has 17 heavy (non-hydrogen) atoms. The van der Waals surface area contributed by atoms with Crippen LogP contribution in [-0.4, -0.2) is 22.7 Å². The number of rotatable bonds is 5. The molecular weight excluding hydrogens is 220 g/mol. The van der Waals surface area contributed by atoms with Crippen LogP contribution >= 0.6 is 0 Å². The lowest BCUT2D eigenvalue weighted by atomic mass is 9.79. The summed E-state index contributed by atoms with van der Waals surface area (Å²) < 4.78 is 0. The Morgan fingerprint density at radius 1 is 1.53 bits per heavy atom. The quantitative estimate of drug-likeness (QED) is 0.600. The summed E-state index contributed by atoms with van der Waals surface area (Å²) in [6.07, 6.45) is -0.231. The van der Waals surface area contributed by atoms with Gasteiger partial charge in [0.1, 0.15) is 0 Å². The summed E-state index contributed by atoms with van der Waals surface area (Å²) >= 11 is 0. The first-order chi connectivity index (χ1) is 7.90. The molecule has 0 spiro atoms. The summed E-state index contributed by atoms with van der Waals surface area (Å²) in [5.74, 6) is 0. The van der Waals surface area contributed by atoms with Gasteiger partial charge in [0, 0.05) is 23.6 Å². The van der Waals surface area contributed by atoms with Gasteiger partial charge in [0.15, 0.2) is 0 Å². The Kier molecular flexibility index (Phi) is 4.20. The molecule has 2 unspecified atom stereocenters. The minimum absolute atomic E-state index is 0.0767. The van der Waals surface area contributed by atoms with Crippen molar-refractivity contribution in [1.29, 1.82) is 0 Å². The maximum atomic E-state index is 10.9. The van der Waals surface area contributed by atoms with E-state index in [4.69, 9.17) is 5.73 Å². The summed E-state index contributed by atoms with van der Waals surface area (Å²) in [5.41, 5.74) is 5.78. The van der Waals surface area contributed by atoms with E-state index >= 15 is 0 Å². The number of aliphatic hydroxyl groups is 1. The average molecular weight is 238 g/mol. The Labute approximate surface area is 100 Å². The zero-order valence-electron chi connectivity index (χ0n) is 10.1. The lowest BCUT2D eigenvalue weighted by molar-refractivity contribution is -0.385. The fourth-order valence-electron chi connectivity index (χ4n) is 1.66. The highest BCUT2D eigenvalue weighted by Gasteiger charge is 2.31. The van der Waals surface area contributed by atoms with Crippen molar-refractivity contribution in [3.8, 4) is 0 Å². The van der Waals surface area contributed by atoms with E-state index in [1.54, 1.807) is 25.1 Å². The van der Waals surface area contributed by atoms with Gasteiger partial charge in [-0.15, -0.1) is 0 Å². The molecule has 1 aromatic rings. The largest absolute Gasteiger partial charge is 0.393 e. The molecule has 5 nitrogen and oxygen atoms in total. The van der Waals surface area contributed by atoms with Gasteiger partial charge in [-0.05, 0) is 13.3 Å². The molecular formula is C12H18N2O3. The van der Waals surface area contributed by atoms with Crippen LogP contribution in [0.4, 0.5) is 5.69 Å². The van der Waals surface area contributed by atoms with E-state index in [0.717, 1.165) is 0 Å². The third-order valence-electron chi connectivity index (χ3n) is 3.26. The average Bonchev–Trinajstić information content (AvgIpc) is 2.29. The zero-order valence-corrected chi connectivity index (χ0v) is 10.1. The second-order valence-corrected chi connectivity index (χ2v) is 4.60. The van der Waals surface area contributed by atoms with Gasteiger partial charge in [0.2, 0.25) is 0 Å². The van der Waals surface area contributed by atoms with Gasteiger partial charge < -0.3 is 10.8 Å². The van der Waals surface area contributed by atoms with Crippen molar-refractivity contribution in [2.75, 3.05) is 6.54 Å². The van der Waals surface area contributed by atoms with Gasteiger partial charge >= 0.3 is 0 Å². The second-order valence-electron chi connectivity index (χ2n) is 4.60. The molecule has 0 saturated heterocycles. The molecule has 0 saturated carbocycles. The normalized spacial score (nSPS) is 16.2. The van der Waals surface area contributed by atoms with Crippen LogP contribution in [0, 0.1) is 15.5 Å². The number of nitro benzene ring substituents is 1. The van der Waals surface area contributed by atoms with E-state index in [0.29, 0.717) is 12.0 Å². The highest BCUT2D eigenvalue weighted by atomic mass is 16.6. The Hall–Kier alpha value is -1.46. The highest BCUT2D eigenvalue weighted by molar-refractivity contribution is 5.40.